The van der Waals surface area contributed by atoms with Gasteiger partial charge in [-0.25, -0.2) is 31.9 Å². The summed E-state index contributed by atoms with van der Waals surface area (Å²) in [5, 5.41) is 3.46. The number of hydrogen-bond acceptors (Lipinski definition) is 5. The minimum atomic E-state index is -1.47. The van der Waals surface area contributed by atoms with Crippen molar-refractivity contribution in [2.45, 2.75) is 10.9 Å². The first kappa shape index (κ1) is 23.6. The second-order valence-electron chi connectivity index (χ2n) is 7.94. The van der Waals surface area contributed by atoms with Crippen LogP contribution in [0.15, 0.2) is 47.6 Å². The minimum Gasteiger partial charge on any atom is -0.374 e. The molecule has 4 aromatic rings. The van der Waals surface area contributed by atoms with E-state index in [0.717, 1.165) is 0 Å². The fourth-order valence-corrected chi connectivity index (χ4v) is 4.87. The molecule has 1 aliphatic heterocycles. The molecule has 1 N–H and O–H groups in total. The third-order valence-corrected chi connectivity index (χ3v) is 6.90. The van der Waals surface area contributed by atoms with E-state index in [9.17, 15) is 22.0 Å². The molecule has 0 radical (unpaired) electrons. The van der Waals surface area contributed by atoms with Gasteiger partial charge in [0.25, 0.3) is 0 Å². The molecule has 0 amide bonds. The van der Waals surface area contributed by atoms with Gasteiger partial charge in [-0.3, -0.25) is 0 Å². The Kier molecular flexibility index (Phi) is 6.18. The van der Waals surface area contributed by atoms with Crippen molar-refractivity contribution in [2.75, 3.05) is 29.6 Å². The smallest absolute Gasteiger partial charge is 0.186 e. The van der Waals surface area contributed by atoms with Crippen molar-refractivity contribution >= 4 is 45.8 Å². The molecule has 1 saturated heterocycles. The summed E-state index contributed by atoms with van der Waals surface area (Å²) < 4.78 is 71.2. The van der Waals surface area contributed by atoms with E-state index in [1.807, 2.05) is 0 Å². The number of hydrogen-bond donors (Lipinski definition) is 1. The molecule has 35 heavy (non-hydrogen) atoms. The first-order valence-corrected chi connectivity index (χ1v) is 12.0. The van der Waals surface area contributed by atoms with Crippen LogP contribution < -0.4 is 10.2 Å². The summed E-state index contributed by atoms with van der Waals surface area (Å²) in [6, 6.07) is 9.06. The highest BCUT2D eigenvalue weighted by molar-refractivity contribution is 7.98. The summed E-state index contributed by atoms with van der Waals surface area (Å²) in [6.45, 7) is 0.510. The largest absolute Gasteiger partial charge is 0.374 e. The average molecular weight is 523 g/mol. The van der Waals surface area contributed by atoms with Crippen molar-refractivity contribution in [2.24, 2.45) is 0 Å². The number of benzene rings is 3. The van der Waals surface area contributed by atoms with Crippen molar-refractivity contribution in [1.82, 2.24) is 9.97 Å². The van der Waals surface area contributed by atoms with Gasteiger partial charge in [0.05, 0.1) is 16.5 Å². The zero-order valence-electron chi connectivity index (χ0n) is 18.1. The lowest BCUT2D eigenvalue weighted by atomic mass is 10.0. The highest BCUT2D eigenvalue weighted by Gasteiger charge is 2.33. The first-order valence-electron chi connectivity index (χ1n) is 10.4. The van der Waals surface area contributed by atoms with Crippen LogP contribution in [0.5, 0.6) is 0 Å². The van der Waals surface area contributed by atoms with Crippen LogP contribution >= 0.6 is 23.4 Å². The molecule has 0 unspecified atom stereocenters. The molecule has 0 aliphatic carbocycles. The first-order chi connectivity index (χ1) is 16.8. The fraction of sp³-hybridized carbons (Fsp3) is 0.167. The van der Waals surface area contributed by atoms with E-state index in [1.165, 1.54) is 18.6 Å². The number of thioether (sulfide) groups is 1. The van der Waals surface area contributed by atoms with Crippen LogP contribution in [0, 0.1) is 29.1 Å². The maximum absolute atomic E-state index is 14.4. The van der Waals surface area contributed by atoms with E-state index < -0.39 is 45.7 Å². The molecule has 180 valence electrons. The van der Waals surface area contributed by atoms with Gasteiger partial charge in [0.2, 0.25) is 0 Å². The van der Waals surface area contributed by atoms with Crippen LogP contribution in [0.1, 0.15) is 0 Å². The van der Waals surface area contributed by atoms with Gasteiger partial charge < -0.3 is 10.2 Å². The molecule has 0 spiro atoms. The van der Waals surface area contributed by atoms with Crippen LogP contribution in [0.25, 0.3) is 22.0 Å². The topological polar surface area (TPSA) is 41.0 Å². The molecule has 0 saturated carbocycles. The van der Waals surface area contributed by atoms with Gasteiger partial charge in [-0.2, -0.15) is 0 Å². The Morgan fingerprint density at radius 3 is 2.29 bits per heavy atom. The van der Waals surface area contributed by atoms with Crippen molar-refractivity contribution in [3.63, 3.8) is 0 Å². The van der Waals surface area contributed by atoms with Gasteiger partial charge in [0, 0.05) is 34.6 Å². The molecular formula is C24H16ClF5N4S. The summed E-state index contributed by atoms with van der Waals surface area (Å²) in [7, 11) is 0. The van der Waals surface area contributed by atoms with Crippen molar-refractivity contribution in [1.29, 1.82) is 0 Å². The lowest BCUT2D eigenvalue weighted by Gasteiger charge is -2.41. The Balaban J connectivity index is 1.40. The molecule has 0 bridgehead atoms. The van der Waals surface area contributed by atoms with Crippen LogP contribution in [0.3, 0.4) is 0 Å². The van der Waals surface area contributed by atoms with Gasteiger partial charge in [-0.05, 0) is 24.5 Å². The average Bonchev–Trinajstić information content (AvgIpc) is 2.82. The van der Waals surface area contributed by atoms with Gasteiger partial charge in [-0.1, -0.05) is 29.8 Å². The van der Waals surface area contributed by atoms with Crippen LogP contribution in [0.2, 0.25) is 5.02 Å². The minimum absolute atomic E-state index is 0.255. The van der Waals surface area contributed by atoms with Gasteiger partial charge in [0.15, 0.2) is 23.3 Å². The number of nitrogens with zero attached hydrogens (tertiary/aromatic N) is 3. The summed E-state index contributed by atoms with van der Waals surface area (Å²) >= 11 is 7.05. The molecule has 2 heterocycles. The number of aromatic nitrogens is 2. The predicted octanol–water partition coefficient (Wildman–Crippen LogP) is 6.67. The Labute approximate surface area is 206 Å². The maximum atomic E-state index is 14.4. The number of nitrogens with one attached hydrogen (secondary N) is 1. The number of halogens is 6. The van der Waals surface area contributed by atoms with E-state index in [4.69, 9.17) is 11.6 Å². The summed E-state index contributed by atoms with van der Waals surface area (Å²) in [5.74, 6) is -5.70. The normalized spacial score (nSPS) is 13.9. The SMILES string of the molecule is CSc1c(F)c(F)c(NC2CN(c3ncnc4cc(-c5ccccc5F)c(Cl)cc34)C2)c(F)c1F. The lowest BCUT2D eigenvalue weighted by Crippen LogP contribution is -2.55. The molecule has 3 aromatic carbocycles. The zero-order chi connectivity index (χ0) is 24.9. The third kappa shape index (κ3) is 4.04. The molecule has 5 rings (SSSR count). The standard InChI is InChI=1S/C24H16ClF5N4S/c1-35-23-20(29)18(27)22(19(28)21(23)30)33-11-8-34(9-11)24-14-6-15(25)13(7-17(14)31-10-32-24)12-4-2-3-5-16(12)26/h2-7,10-11,33H,8-9H2,1H3. The molecule has 0 atom stereocenters. The zero-order valence-corrected chi connectivity index (χ0v) is 19.6. The quantitative estimate of drug-likeness (QED) is 0.180. The Morgan fingerprint density at radius 2 is 1.63 bits per heavy atom. The number of rotatable bonds is 5. The van der Waals surface area contributed by atoms with E-state index in [0.29, 0.717) is 44.6 Å². The van der Waals surface area contributed by atoms with E-state index in [-0.39, 0.29) is 13.1 Å². The summed E-state index contributed by atoms with van der Waals surface area (Å²) in [4.78, 5) is 9.66. The lowest BCUT2D eigenvalue weighted by molar-refractivity contribution is 0.426. The Bertz CT molecular complexity index is 1430. The van der Waals surface area contributed by atoms with Crippen molar-refractivity contribution < 1.29 is 22.0 Å². The Hall–Kier alpha value is -3.11. The third-order valence-electron chi connectivity index (χ3n) is 5.82. The van der Waals surface area contributed by atoms with Crippen molar-refractivity contribution in [3.05, 3.63) is 76.8 Å². The van der Waals surface area contributed by atoms with Gasteiger partial charge in [0.1, 0.15) is 23.6 Å². The predicted molar refractivity (Wildman–Crippen MR) is 128 cm³/mol. The van der Waals surface area contributed by atoms with Crippen LogP contribution in [-0.4, -0.2) is 35.4 Å². The molecule has 1 aromatic heterocycles. The van der Waals surface area contributed by atoms with E-state index in [2.05, 4.69) is 15.3 Å². The fourth-order valence-electron chi connectivity index (χ4n) is 4.07. The Morgan fingerprint density at radius 1 is 0.943 bits per heavy atom. The molecule has 1 fully saturated rings. The second kappa shape index (κ2) is 9.16. The highest BCUT2D eigenvalue weighted by atomic mass is 35.5. The van der Waals surface area contributed by atoms with E-state index >= 15 is 0 Å². The molecule has 1 aliphatic rings. The van der Waals surface area contributed by atoms with Gasteiger partial charge >= 0.3 is 0 Å². The van der Waals surface area contributed by atoms with Gasteiger partial charge in [-0.15, -0.1) is 11.8 Å². The highest BCUT2D eigenvalue weighted by Crippen LogP contribution is 2.38. The molecule has 4 nitrogen and oxygen atoms in total. The maximum Gasteiger partial charge on any atom is 0.186 e. The van der Waals surface area contributed by atoms with Crippen molar-refractivity contribution in [3.8, 4) is 11.1 Å². The number of anilines is 2. The second-order valence-corrected chi connectivity index (χ2v) is 9.16. The van der Waals surface area contributed by atoms with Crippen LogP contribution in [0.4, 0.5) is 33.5 Å². The molecular weight excluding hydrogens is 507 g/mol. The van der Waals surface area contributed by atoms with Crippen LogP contribution in [-0.2, 0) is 0 Å². The summed E-state index contributed by atoms with van der Waals surface area (Å²) in [5.41, 5.74) is 0.507. The van der Waals surface area contributed by atoms with E-state index in [1.54, 1.807) is 35.2 Å². The monoisotopic (exact) mass is 522 g/mol. The summed E-state index contributed by atoms with van der Waals surface area (Å²) in [6.07, 6.45) is 2.68. The molecule has 11 heteroatoms. The number of fused-ring (bicyclic) bond motifs is 1.